The van der Waals surface area contributed by atoms with Crippen molar-refractivity contribution in [2.45, 2.75) is 6.10 Å². The first kappa shape index (κ1) is 9.57. The SMILES string of the molecule is [B]c1ccc2c(c1)OC(C1=NCCN1)CO2. The minimum absolute atomic E-state index is 0.142. The van der Waals surface area contributed by atoms with Crippen LogP contribution in [0.4, 0.5) is 0 Å². The van der Waals surface area contributed by atoms with Gasteiger partial charge >= 0.3 is 0 Å². The second-order valence-electron chi connectivity index (χ2n) is 3.82. The average Bonchev–Trinajstić information content (AvgIpc) is 2.81. The highest BCUT2D eigenvalue weighted by atomic mass is 16.6. The number of ether oxygens (including phenoxy) is 2. The molecule has 2 heterocycles. The summed E-state index contributed by atoms with van der Waals surface area (Å²) in [6.07, 6.45) is -0.142. The van der Waals surface area contributed by atoms with Crippen molar-refractivity contribution >= 4 is 19.1 Å². The molecule has 0 aliphatic carbocycles. The molecule has 0 spiro atoms. The molecule has 80 valence electrons. The summed E-state index contributed by atoms with van der Waals surface area (Å²) >= 11 is 0. The van der Waals surface area contributed by atoms with E-state index < -0.39 is 0 Å². The van der Waals surface area contributed by atoms with E-state index in [2.05, 4.69) is 10.3 Å². The number of amidine groups is 1. The van der Waals surface area contributed by atoms with Crippen LogP contribution in [-0.2, 0) is 0 Å². The number of hydrogen-bond donors (Lipinski definition) is 1. The van der Waals surface area contributed by atoms with Gasteiger partial charge in [0, 0.05) is 6.54 Å². The Morgan fingerprint density at radius 2 is 2.31 bits per heavy atom. The first-order valence-electron chi connectivity index (χ1n) is 5.30. The first-order chi connectivity index (χ1) is 7.83. The van der Waals surface area contributed by atoms with E-state index in [0.29, 0.717) is 17.8 Å². The number of rotatable bonds is 1. The van der Waals surface area contributed by atoms with Crippen LogP contribution in [0.1, 0.15) is 0 Å². The van der Waals surface area contributed by atoms with Gasteiger partial charge in [-0.25, -0.2) is 0 Å². The highest BCUT2D eigenvalue weighted by Gasteiger charge is 2.26. The second kappa shape index (κ2) is 3.74. The fourth-order valence-corrected chi connectivity index (χ4v) is 1.86. The van der Waals surface area contributed by atoms with E-state index in [1.807, 2.05) is 6.07 Å². The van der Waals surface area contributed by atoms with Gasteiger partial charge in [0.2, 0.25) is 0 Å². The number of hydrogen-bond acceptors (Lipinski definition) is 4. The molecule has 0 saturated heterocycles. The van der Waals surface area contributed by atoms with Crippen LogP contribution in [0.3, 0.4) is 0 Å². The third-order valence-electron chi connectivity index (χ3n) is 2.63. The summed E-state index contributed by atoms with van der Waals surface area (Å²) in [7, 11) is 5.70. The molecule has 3 rings (SSSR count). The molecule has 4 nitrogen and oxygen atoms in total. The number of fused-ring (bicyclic) bond motifs is 1. The van der Waals surface area contributed by atoms with Gasteiger partial charge in [0.25, 0.3) is 0 Å². The van der Waals surface area contributed by atoms with Crippen LogP contribution >= 0.6 is 0 Å². The molecule has 0 bridgehead atoms. The maximum Gasteiger partial charge on any atom is 0.189 e. The molecule has 1 N–H and O–H groups in total. The van der Waals surface area contributed by atoms with Crippen molar-refractivity contribution in [2.24, 2.45) is 4.99 Å². The molecular weight excluding hydrogens is 203 g/mol. The van der Waals surface area contributed by atoms with E-state index in [0.717, 1.165) is 24.7 Å². The Morgan fingerprint density at radius 3 is 3.12 bits per heavy atom. The van der Waals surface area contributed by atoms with Gasteiger partial charge in [-0.1, -0.05) is 11.5 Å². The van der Waals surface area contributed by atoms with Crippen LogP contribution in [-0.4, -0.2) is 39.5 Å². The van der Waals surface area contributed by atoms with Crippen molar-refractivity contribution in [3.63, 3.8) is 0 Å². The maximum absolute atomic E-state index is 5.80. The monoisotopic (exact) mass is 214 g/mol. The van der Waals surface area contributed by atoms with E-state index >= 15 is 0 Å². The fourth-order valence-electron chi connectivity index (χ4n) is 1.86. The van der Waals surface area contributed by atoms with Crippen molar-refractivity contribution in [3.05, 3.63) is 18.2 Å². The van der Waals surface area contributed by atoms with Gasteiger partial charge in [0.15, 0.2) is 17.6 Å². The van der Waals surface area contributed by atoms with Crippen LogP contribution in [0.25, 0.3) is 0 Å². The Bertz CT molecular complexity index is 448. The van der Waals surface area contributed by atoms with Crippen molar-refractivity contribution in [3.8, 4) is 11.5 Å². The highest BCUT2D eigenvalue weighted by Crippen LogP contribution is 2.30. The number of aliphatic imine (C=N–C) groups is 1. The molecule has 16 heavy (non-hydrogen) atoms. The van der Waals surface area contributed by atoms with E-state index in [-0.39, 0.29) is 6.10 Å². The molecule has 0 amide bonds. The number of nitrogens with one attached hydrogen (secondary N) is 1. The van der Waals surface area contributed by atoms with Crippen LogP contribution in [0.15, 0.2) is 23.2 Å². The van der Waals surface area contributed by atoms with Crippen molar-refractivity contribution < 1.29 is 9.47 Å². The van der Waals surface area contributed by atoms with Crippen LogP contribution in [0.5, 0.6) is 11.5 Å². The zero-order chi connectivity index (χ0) is 11.0. The summed E-state index contributed by atoms with van der Waals surface area (Å²) < 4.78 is 11.4. The van der Waals surface area contributed by atoms with Gasteiger partial charge in [-0.05, 0) is 12.1 Å². The molecule has 0 fully saturated rings. The van der Waals surface area contributed by atoms with E-state index in [9.17, 15) is 0 Å². The lowest BCUT2D eigenvalue weighted by Gasteiger charge is -2.26. The lowest BCUT2D eigenvalue weighted by molar-refractivity contribution is 0.133. The molecule has 1 aromatic carbocycles. The van der Waals surface area contributed by atoms with Crippen molar-refractivity contribution in [1.29, 1.82) is 0 Å². The molecular formula is C11H11BN2O2. The summed E-state index contributed by atoms with van der Waals surface area (Å²) in [4.78, 5) is 4.32. The van der Waals surface area contributed by atoms with Gasteiger partial charge < -0.3 is 14.8 Å². The molecule has 0 saturated carbocycles. The van der Waals surface area contributed by atoms with Gasteiger partial charge in [0.05, 0.1) is 6.54 Å². The number of benzene rings is 1. The average molecular weight is 214 g/mol. The van der Waals surface area contributed by atoms with Gasteiger partial charge in [-0.15, -0.1) is 0 Å². The zero-order valence-electron chi connectivity index (χ0n) is 8.77. The molecule has 1 atom stereocenters. The topological polar surface area (TPSA) is 42.8 Å². The summed E-state index contributed by atoms with van der Waals surface area (Å²) in [6, 6.07) is 5.40. The van der Waals surface area contributed by atoms with E-state index in [1.165, 1.54) is 0 Å². The fraction of sp³-hybridized carbons (Fsp3) is 0.364. The number of nitrogens with zero attached hydrogens (tertiary/aromatic N) is 1. The third-order valence-corrected chi connectivity index (χ3v) is 2.63. The van der Waals surface area contributed by atoms with E-state index in [4.69, 9.17) is 17.3 Å². The molecule has 2 radical (unpaired) electrons. The van der Waals surface area contributed by atoms with Crippen LogP contribution in [0.2, 0.25) is 0 Å². The van der Waals surface area contributed by atoms with Crippen LogP contribution < -0.4 is 20.3 Å². The molecule has 2 aliphatic heterocycles. The quantitative estimate of drug-likeness (QED) is 0.648. The Kier molecular flexibility index (Phi) is 2.24. The summed E-state index contributed by atoms with van der Waals surface area (Å²) in [5.41, 5.74) is 0.671. The first-order valence-corrected chi connectivity index (χ1v) is 5.30. The summed E-state index contributed by atoms with van der Waals surface area (Å²) in [5, 5.41) is 3.19. The summed E-state index contributed by atoms with van der Waals surface area (Å²) in [6.45, 7) is 2.17. The Balaban J connectivity index is 1.85. The van der Waals surface area contributed by atoms with Crippen LogP contribution in [0, 0.1) is 0 Å². The van der Waals surface area contributed by atoms with Crippen molar-refractivity contribution in [2.75, 3.05) is 19.7 Å². The van der Waals surface area contributed by atoms with Gasteiger partial charge in [0.1, 0.15) is 20.3 Å². The van der Waals surface area contributed by atoms with Crippen molar-refractivity contribution in [1.82, 2.24) is 5.32 Å². The third kappa shape index (κ3) is 1.62. The van der Waals surface area contributed by atoms with E-state index in [1.54, 1.807) is 12.1 Å². The molecule has 5 heteroatoms. The van der Waals surface area contributed by atoms with Gasteiger partial charge in [-0.3, -0.25) is 4.99 Å². The standard InChI is InChI=1S/C11H11BN2O2/c12-7-1-2-8-9(5-7)16-10(6-15-8)11-13-3-4-14-11/h1-2,5,10H,3-4,6H2,(H,13,14). The smallest absolute Gasteiger partial charge is 0.189 e. The zero-order valence-corrected chi connectivity index (χ0v) is 8.77. The Morgan fingerprint density at radius 1 is 1.38 bits per heavy atom. The lowest BCUT2D eigenvalue weighted by Crippen LogP contribution is -2.42. The second-order valence-corrected chi connectivity index (χ2v) is 3.82. The molecule has 1 unspecified atom stereocenters. The normalized spacial score (nSPS) is 22.5. The van der Waals surface area contributed by atoms with Gasteiger partial charge in [-0.2, -0.15) is 0 Å². The maximum atomic E-state index is 5.80. The Labute approximate surface area is 95.1 Å². The highest BCUT2D eigenvalue weighted by molar-refractivity contribution is 6.32. The molecule has 0 aromatic heterocycles. The minimum Gasteiger partial charge on any atom is -0.485 e. The minimum atomic E-state index is -0.142. The lowest BCUT2D eigenvalue weighted by atomic mass is 9.96. The predicted octanol–water partition coefficient (Wildman–Crippen LogP) is -0.378. The predicted molar refractivity (Wildman–Crippen MR) is 62.0 cm³/mol. The molecule has 2 aliphatic rings. The molecule has 1 aromatic rings. The largest absolute Gasteiger partial charge is 0.485 e. The Hall–Kier alpha value is -1.65. The summed E-state index contributed by atoms with van der Waals surface area (Å²) in [5.74, 6) is 2.30.